The van der Waals surface area contributed by atoms with Crippen LogP contribution in [-0.2, 0) is 12.7 Å². The fourth-order valence-corrected chi connectivity index (χ4v) is 8.45. The number of hydrogen-bond acceptors (Lipinski definition) is 5. The monoisotopic (exact) mass is 610 g/mol. The number of hydrazine groups is 1. The third kappa shape index (κ3) is 5.31. The van der Waals surface area contributed by atoms with Gasteiger partial charge in [0, 0.05) is 37.9 Å². The maximum atomic E-state index is 14.3. The normalized spacial score (nSPS) is 25.2. The van der Waals surface area contributed by atoms with Gasteiger partial charge in [-0.1, -0.05) is 58.1 Å². The molecular weight excluding hydrogens is 565 g/mol. The van der Waals surface area contributed by atoms with Gasteiger partial charge < -0.3 is 0 Å². The van der Waals surface area contributed by atoms with E-state index in [0.29, 0.717) is 23.7 Å². The number of likely N-dealkylation sites (N-methyl/N-ethyl adjacent to an activating group) is 1. The molecule has 1 spiro atoms. The number of rotatable bonds is 6. The van der Waals surface area contributed by atoms with Crippen molar-refractivity contribution in [1.29, 1.82) is 0 Å². The molecule has 0 amide bonds. The Morgan fingerprint density at radius 3 is 2.36 bits per heavy atom. The van der Waals surface area contributed by atoms with Gasteiger partial charge in [0.25, 0.3) is 0 Å². The minimum atomic E-state index is -4.58. The molecule has 2 atom stereocenters. The molecule has 2 aromatic heterocycles. The van der Waals surface area contributed by atoms with Gasteiger partial charge in [-0.15, -0.1) is 0 Å². The summed E-state index contributed by atoms with van der Waals surface area (Å²) in [4.78, 5) is 18.4. The van der Waals surface area contributed by atoms with Gasteiger partial charge in [0.15, 0.2) is 0 Å². The Morgan fingerprint density at radius 2 is 1.73 bits per heavy atom. The Hall–Kier alpha value is -2.66. The Labute approximate surface area is 257 Å². The first-order valence-electron chi connectivity index (χ1n) is 16.4. The van der Waals surface area contributed by atoms with Gasteiger partial charge in [-0.3, -0.25) is 18.8 Å². The summed E-state index contributed by atoms with van der Waals surface area (Å²) in [5.74, 6) is 0.693. The van der Waals surface area contributed by atoms with Crippen LogP contribution < -0.4 is 16.5 Å². The van der Waals surface area contributed by atoms with Crippen molar-refractivity contribution in [2.45, 2.75) is 102 Å². The lowest BCUT2D eigenvalue weighted by Gasteiger charge is -2.46. The molecule has 238 valence electrons. The molecule has 4 heterocycles. The van der Waals surface area contributed by atoms with Gasteiger partial charge in [-0.25, -0.2) is 15.6 Å². The molecule has 3 aromatic rings. The summed E-state index contributed by atoms with van der Waals surface area (Å²) in [6, 6.07) is 9.12. The highest BCUT2D eigenvalue weighted by atomic mass is 19.4. The molecule has 2 N–H and O–H groups in total. The van der Waals surface area contributed by atoms with E-state index in [1.807, 2.05) is 18.2 Å². The lowest BCUT2D eigenvalue weighted by molar-refractivity contribution is -0.136. The molecule has 0 bridgehead atoms. The fraction of sp³-hybridized carbons (Fsp3) is 0.618. The second-order valence-electron chi connectivity index (χ2n) is 14.7. The van der Waals surface area contributed by atoms with Crippen molar-refractivity contribution in [3.05, 3.63) is 69.9 Å². The van der Waals surface area contributed by atoms with Crippen LogP contribution in [0, 0.1) is 11.3 Å². The number of fused-ring (bicyclic) bond motifs is 1. The maximum Gasteiger partial charge on any atom is 0.418 e. The van der Waals surface area contributed by atoms with Crippen LogP contribution in [0.15, 0.2) is 47.5 Å². The molecule has 4 fully saturated rings. The Morgan fingerprint density at radius 1 is 1.00 bits per heavy atom. The van der Waals surface area contributed by atoms with Gasteiger partial charge in [-0.2, -0.15) is 13.2 Å². The van der Waals surface area contributed by atoms with Crippen LogP contribution in [0.2, 0.25) is 0 Å². The van der Waals surface area contributed by atoms with E-state index in [1.165, 1.54) is 53.3 Å². The van der Waals surface area contributed by atoms with Crippen LogP contribution in [0.3, 0.4) is 0 Å². The standard InChI is InChI=1S/C34H45F3N6O/c1-32(2)21-41(22-32)18-23-16-27(34(35,36)37)28-20-42(31(44)43(28)19-23)26-13-9-12-25(17-26)29(24-10-8-11-24)30-38-39-33(40(30)3)14-6-4-5-7-15-33/h9,12-13,16-17,19-20,24,29-30,38-39H,4-8,10-11,14-15,18,21-22H2,1-3H3/t29-,30?/m1/s1. The van der Waals surface area contributed by atoms with Crippen molar-refractivity contribution in [3.8, 4) is 5.69 Å². The van der Waals surface area contributed by atoms with Crippen molar-refractivity contribution in [3.63, 3.8) is 0 Å². The summed E-state index contributed by atoms with van der Waals surface area (Å²) >= 11 is 0. The lowest BCUT2D eigenvalue weighted by Crippen LogP contribution is -2.52. The lowest BCUT2D eigenvalue weighted by atomic mass is 9.71. The molecule has 7 nitrogen and oxygen atoms in total. The van der Waals surface area contributed by atoms with Crippen LogP contribution in [0.25, 0.3) is 11.2 Å². The van der Waals surface area contributed by atoms with Crippen LogP contribution in [0.1, 0.15) is 94.2 Å². The minimum absolute atomic E-state index is 0.0603. The van der Waals surface area contributed by atoms with Crippen molar-refractivity contribution in [2.75, 3.05) is 20.1 Å². The highest BCUT2D eigenvalue weighted by Gasteiger charge is 2.49. The molecule has 0 radical (unpaired) electrons. The van der Waals surface area contributed by atoms with Crippen molar-refractivity contribution < 1.29 is 13.2 Å². The van der Waals surface area contributed by atoms with Crippen LogP contribution >= 0.6 is 0 Å². The molecule has 2 saturated carbocycles. The van der Waals surface area contributed by atoms with Gasteiger partial charge in [0.05, 0.1) is 28.6 Å². The predicted octanol–water partition coefficient (Wildman–Crippen LogP) is 6.25. The first kappa shape index (κ1) is 30.0. The second kappa shape index (κ2) is 11.0. The molecule has 2 aliphatic heterocycles. The highest BCUT2D eigenvalue weighted by Crippen LogP contribution is 2.46. The van der Waals surface area contributed by atoms with Crippen molar-refractivity contribution in [2.24, 2.45) is 11.3 Å². The van der Waals surface area contributed by atoms with E-state index in [-0.39, 0.29) is 28.7 Å². The minimum Gasteiger partial charge on any atom is -0.298 e. The topological polar surface area (TPSA) is 57.0 Å². The van der Waals surface area contributed by atoms with Crippen LogP contribution in [0.5, 0.6) is 0 Å². The number of aromatic nitrogens is 2. The van der Waals surface area contributed by atoms with Crippen molar-refractivity contribution in [1.82, 2.24) is 29.6 Å². The quantitative estimate of drug-likeness (QED) is 0.346. The predicted molar refractivity (Wildman–Crippen MR) is 165 cm³/mol. The molecule has 44 heavy (non-hydrogen) atoms. The van der Waals surface area contributed by atoms with E-state index in [2.05, 4.69) is 47.6 Å². The first-order chi connectivity index (χ1) is 20.9. The Balaban J connectivity index is 1.24. The van der Waals surface area contributed by atoms with Gasteiger partial charge in [0.1, 0.15) is 0 Å². The van der Waals surface area contributed by atoms with E-state index in [0.717, 1.165) is 44.3 Å². The Bertz CT molecular complexity index is 1570. The number of pyridine rings is 1. The fourth-order valence-electron chi connectivity index (χ4n) is 8.45. The summed E-state index contributed by atoms with van der Waals surface area (Å²) in [6.07, 6.45) is 9.13. The zero-order chi connectivity index (χ0) is 30.9. The molecule has 2 aliphatic carbocycles. The number of likely N-dealkylation sites (tertiary alicyclic amines) is 1. The molecule has 4 aliphatic rings. The summed E-state index contributed by atoms with van der Waals surface area (Å²) < 4.78 is 45.6. The van der Waals surface area contributed by atoms with E-state index >= 15 is 0 Å². The van der Waals surface area contributed by atoms with E-state index < -0.39 is 17.4 Å². The molecule has 2 saturated heterocycles. The van der Waals surface area contributed by atoms with E-state index in [9.17, 15) is 18.0 Å². The number of imidazole rings is 1. The number of nitrogens with one attached hydrogen (secondary N) is 2. The van der Waals surface area contributed by atoms with Crippen LogP contribution in [0.4, 0.5) is 13.2 Å². The third-order valence-electron chi connectivity index (χ3n) is 10.8. The number of hydrogen-bond donors (Lipinski definition) is 2. The second-order valence-corrected chi connectivity index (χ2v) is 14.7. The highest BCUT2D eigenvalue weighted by molar-refractivity contribution is 5.58. The summed E-state index contributed by atoms with van der Waals surface area (Å²) in [6.45, 7) is 6.32. The Kier molecular flexibility index (Phi) is 7.50. The number of benzene rings is 1. The number of alkyl halides is 3. The number of halogens is 3. The van der Waals surface area contributed by atoms with Gasteiger partial charge in [0.2, 0.25) is 0 Å². The SMILES string of the molecule is CN1C([C@@H](c2cccc(-n3cc4c(C(F)(F)F)cc(CN5CC(C)(C)C5)cn4c3=O)c2)C2CCC2)NNC12CCCCCC2. The van der Waals surface area contributed by atoms with Gasteiger partial charge >= 0.3 is 11.9 Å². The van der Waals surface area contributed by atoms with Gasteiger partial charge in [-0.05, 0) is 73.4 Å². The van der Waals surface area contributed by atoms with E-state index in [1.54, 1.807) is 6.20 Å². The van der Waals surface area contributed by atoms with Crippen LogP contribution in [-0.4, -0.2) is 50.7 Å². The largest absolute Gasteiger partial charge is 0.418 e. The molecule has 7 rings (SSSR count). The molecule has 1 unspecified atom stereocenters. The zero-order valence-corrected chi connectivity index (χ0v) is 26.1. The zero-order valence-electron chi connectivity index (χ0n) is 26.1. The smallest absolute Gasteiger partial charge is 0.298 e. The average molecular weight is 611 g/mol. The third-order valence-corrected chi connectivity index (χ3v) is 10.8. The van der Waals surface area contributed by atoms with E-state index in [4.69, 9.17) is 0 Å². The average Bonchev–Trinajstić information content (AvgIpc) is 3.29. The van der Waals surface area contributed by atoms with Crippen molar-refractivity contribution >= 4 is 5.52 Å². The summed E-state index contributed by atoms with van der Waals surface area (Å²) in [7, 11) is 2.22. The molecule has 1 aromatic carbocycles. The summed E-state index contributed by atoms with van der Waals surface area (Å²) in [5, 5.41) is 0. The maximum absolute atomic E-state index is 14.3. The first-order valence-corrected chi connectivity index (χ1v) is 16.4. The number of nitrogens with zero attached hydrogens (tertiary/aromatic N) is 4. The molecule has 10 heteroatoms. The summed E-state index contributed by atoms with van der Waals surface area (Å²) in [5.41, 5.74) is 8.30. The molecular formula is C34H45F3N6O.